The molecule has 1 saturated carbocycles. The number of ether oxygens (including phenoxy) is 1. The second-order valence-corrected chi connectivity index (χ2v) is 9.81. The number of hydrogen-bond donors (Lipinski definition) is 1. The molecule has 2 aromatic rings. The standard InChI is InChI=1S/C24H24Cl2N2O4/c25-20-12-15(11-19(21(20)26)16-1-2-16)13-27-9-7-24(8-10-27)14-28(23(31)32-24)18-5-3-17(4-6-18)22(29)30/h3-6,11-12,16H,1-2,7-10,13-14H2,(H,29,30). The zero-order valence-corrected chi connectivity index (χ0v) is 19.0. The van der Waals surface area contributed by atoms with Crippen molar-refractivity contribution in [1.29, 1.82) is 0 Å². The molecule has 1 amide bonds. The first-order valence-electron chi connectivity index (χ1n) is 10.9. The second kappa shape index (κ2) is 8.25. The minimum absolute atomic E-state index is 0.191. The van der Waals surface area contributed by atoms with Gasteiger partial charge in [0.25, 0.3) is 0 Å². The van der Waals surface area contributed by atoms with Gasteiger partial charge in [-0.05, 0) is 60.2 Å². The normalized spacial score (nSPS) is 20.6. The fourth-order valence-electron chi connectivity index (χ4n) is 4.69. The van der Waals surface area contributed by atoms with Gasteiger partial charge in [0.1, 0.15) is 5.60 Å². The molecule has 0 atom stereocenters. The van der Waals surface area contributed by atoms with Crippen molar-refractivity contribution in [2.75, 3.05) is 24.5 Å². The summed E-state index contributed by atoms with van der Waals surface area (Å²) in [5.41, 5.74) is 2.67. The SMILES string of the molecule is O=C(O)c1ccc(N2CC3(CCN(Cc4cc(Cl)c(Cl)c(C5CC5)c4)CC3)OC2=O)cc1. The maximum Gasteiger partial charge on any atom is 0.415 e. The van der Waals surface area contributed by atoms with Crippen molar-refractivity contribution < 1.29 is 19.4 Å². The molecule has 8 heteroatoms. The lowest BCUT2D eigenvalue weighted by molar-refractivity contribution is -0.000982. The third kappa shape index (κ3) is 4.19. The second-order valence-electron chi connectivity index (χ2n) is 9.02. The third-order valence-electron chi connectivity index (χ3n) is 6.70. The highest BCUT2D eigenvalue weighted by molar-refractivity contribution is 6.42. The fraction of sp³-hybridized carbons (Fsp3) is 0.417. The summed E-state index contributed by atoms with van der Waals surface area (Å²) in [7, 11) is 0. The lowest BCUT2D eigenvalue weighted by atomic mass is 9.91. The summed E-state index contributed by atoms with van der Waals surface area (Å²) in [6, 6.07) is 10.5. The van der Waals surface area contributed by atoms with E-state index < -0.39 is 11.6 Å². The van der Waals surface area contributed by atoms with Crippen LogP contribution in [0.5, 0.6) is 0 Å². The average molecular weight is 475 g/mol. The molecule has 0 aromatic heterocycles. The van der Waals surface area contributed by atoms with E-state index in [1.807, 2.05) is 6.07 Å². The van der Waals surface area contributed by atoms with Crippen LogP contribution in [0, 0.1) is 0 Å². The van der Waals surface area contributed by atoms with Crippen molar-refractivity contribution in [2.45, 2.75) is 43.7 Å². The van der Waals surface area contributed by atoms with Gasteiger partial charge < -0.3 is 9.84 Å². The van der Waals surface area contributed by atoms with Crippen molar-refractivity contribution in [3.63, 3.8) is 0 Å². The summed E-state index contributed by atoms with van der Waals surface area (Å²) in [6.45, 7) is 2.90. The molecular formula is C24H24Cl2N2O4. The average Bonchev–Trinajstić information content (AvgIpc) is 3.56. The van der Waals surface area contributed by atoms with E-state index in [9.17, 15) is 9.59 Å². The third-order valence-corrected chi connectivity index (χ3v) is 7.52. The van der Waals surface area contributed by atoms with Gasteiger partial charge in [0.2, 0.25) is 0 Å². The first-order chi connectivity index (χ1) is 15.3. The van der Waals surface area contributed by atoms with Crippen LogP contribution < -0.4 is 4.90 Å². The number of benzene rings is 2. The Bertz CT molecular complexity index is 1060. The van der Waals surface area contributed by atoms with Crippen LogP contribution in [0.15, 0.2) is 36.4 Å². The van der Waals surface area contributed by atoms with Gasteiger partial charge in [-0.25, -0.2) is 9.59 Å². The van der Waals surface area contributed by atoms with Crippen LogP contribution in [-0.2, 0) is 11.3 Å². The van der Waals surface area contributed by atoms with Crippen molar-refractivity contribution in [3.05, 3.63) is 63.1 Å². The first kappa shape index (κ1) is 21.6. The monoisotopic (exact) mass is 474 g/mol. The van der Waals surface area contributed by atoms with E-state index in [4.69, 9.17) is 33.0 Å². The summed E-state index contributed by atoms with van der Waals surface area (Å²) in [6.07, 6.45) is 3.47. The van der Waals surface area contributed by atoms with Gasteiger partial charge in [0.05, 0.1) is 22.2 Å². The van der Waals surface area contributed by atoms with Crippen molar-refractivity contribution in [3.8, 4) is 0 Å². The number of carbonyl (C=O) groups excluding carboxylic acids is 1. The number of carboxylic acid groups (broad SMARTS) is 1. The van der Waals surface area contributed by atoms with Gasteiger partial charge in [-0.3, -0.25) is 9.80 Å². The van der Waals surface area contributed by atoms with Crippen molar-refractivity contribution in [2.24, 2.45) is 0 Å². The van der Waals surface area contributed by atoms with Gasteiger partial charge in [-0.15, -0.1) is 0 Å². The quantitative estimate of drug-likeness (QED) is 0.613. The van der Waals surface area contributed by atoms with Gasteiger partial charge in [-0.2, -0.15) is 0 Å². The van der Waals surface area contributed by atoms with E-state index in [-0.39, 0.29) is 11.7 Å². The minimum atomic E-state index is -0.990. The van der Waals surface area contributed by atoms with Crippen LogP contribution in [0.1, 0.15) is 53.1 Å². The molecule has 32 heavy (non-hydrogen) atoms. The van der Waals surface area contributed by atoms with Crippen LogP contribution in [-0.4, -0.2) is 47.3 Å². The number of hydrogen-bond acceptors (Lipinski definition) is 4. The van der Waals surface area contributed by atoms with E-state index in [1.165, 1.54) is 30.5 Å². The Morgan fingerprint density at radius 3 is 2.44 bits per heavy atom. The van der Waals surface area contributed by atoms with E-state index in [2.05, 4.69) is 11.0 Å². The topological polar surface area (TPSA) is 70.1 Å². The summed E-state index contributed by atoms with van der Waals surface area (Å²) in [5.74, 6) is -0.450. The molecule has 168 valence electrons. The fourth-order valence-corrected chi connectivity index (χ4v) is 5.21. The summed E-state index contributed by atoms with van der Waals surface area (Å²) >= 11 is 12.8. The Morgan fingerprint density at radius 2 is 1.81 bits per heavy atom. The number of carboxylic acids is 1. The lowest BCUT2D eigenvalue weighted by Crippen LogP contribution is -2.46. The molecule has 2 heterocycles. The van der Waals surface area contributed by atoms with E-state index in [1.54, 1.807) is 17.0 Å². The molecule has 1 spiro atoms. The number of likely N-dealkylation sites (tertiary alicyclic amines) is 1. The zero-order valence-electron chi connectivity index (χ0n) is 17.5. The number of amides is 1. The molecule has 2 saturated heterocycles. The van der Waals surface area contributed by atoms with Gasteiger partial charge in [-0.1, -0.05) is 29.3 Å². The molecule has 1 aliphatic carbocycles. The Morgan fingerprint density at radius 1 is 1.12 bits per heavy atom. The number of nitrogens with zero attached hydrogens (tertiary/aromatic N) is 2. The summed E-state index contributed by atoms with van der Waals surface area (Å²) in [4.78, 5) is 27.6. The van der Waals surface area contributed by atoms with Crippen LogP contribution in [0.3, 0.4) is 0 Å². The number of carbonyl (C=O) groups is 2. The van der Waals surface area contributed by atoms with Crippen LogP contribution in [0.4, 0.5) is 10.5 Å². The molecule has 0 bridgehead atoms. The highest BCUT2D eigenvalue weighted by atomic mass is 35.5. The molecule has 0 unspecified atom stereocenters. The van der Waals surface area contributed by atoms with E-state index in [0.29, 0.717) is 28.2 Å². The molecule has 3 aliphatic rings. The Kier molecular flexibility index (Phi) is 5.56. The lowest BCUT2D eigenvalue weighted by Gasteiger charge is -2.37. The highest BCUT2D eigenvalue weighted by Gasteiger charge is 2.47. The first-order valence-corrected chi connectivity index (χ1v) is 11.6. The number of anilines is 1. The summed E-state index contributed by atoms with van der Waals surface area (Å²) in [5, 5.41) is 10.4. The van der Waals surface area contributed by atoms with Gasteiger partial charge >= 0.3 is 12.1 Å². The maximum absolute atomic E-state index is 12.6. The number of aromatic carboxylic acids is 1. The smallest absolute Gasteiger partial charge is 0.415 e. The predicted octanol–water partition coefficient (Wildman–Crippen LogP) is 5.56. The van der Waals surface area contributed by atoms with Crippen LogP contribution >= 0.6 is 23.2 Å². The number of piperidine rings is 1. The van der Waals surface area contributed by atoms with Gasteiger partial charge in [0, 0.05) is 38.2 Å². The molecule has 1 N–H and O–H groups in total. The Hall–Kier alpha value is -2.28. The van der Waals surface area contributed by atoms with Crippen molar-refractivity contribution >= 4 is 41.0 Å². The molecule has 3 fully saturated rings. The highest BCUT2D eigenvalue weighted by Crippen LogP contribution is 2.46. The minimum Gasteiger partial charge on any atom is -0.478 e. The zero-order chi connectivity index (χ0) is 22.5. The van der Waals surface area contributed by atoms with Gasteiger partial charge in [0.15, 0.2) is 0 Å². The number of halogens is 2. The van der Waals surface area contributed by atoms with Crippen molar-refractivity contribution in [1.82, 2.24) is 4.90 Å². The van der Waals surface area contributed by atoms with E-state index >= 15 is 0 Å². The Labute approximate surface area is 196 Å². The largest absolute Gasteiger partial charge is 0.478 e. The number of rotatable bonds is 5. The molecular weight excluding hydrogens is 451 g/mol. The molecule has 5 rings (SSSR count). The molecule has 2 aliphatic heterocycles. The van der Waals surface area contributed by atoms with Crippen LogP contribution in [0.25, 0.3) is 0 Å². The molecule has 2 aromatic carbocycles. The maximum atomic E-state index is 12.6. The molecule has 6 nitrogen and oxygen atoms in total. The predicted molar refractivity (Wildman–Crippen MR) is 123 cm³/mol. The Balaban J connectivity index is 1.23. The van der Waals surface area contributed by atoms with Crippen LogP contribution in [0.2, 0.25) is 10.0 Å². The summed E-state index contributed by atoms with van der Waals surface area (Å²) < 4.78 is 5.83. The van der Waals surface area contributed by atoms with E-state index in [0.717, 1.165) is 38.0 Å². The molecule has 0 radical (unpaired) electrons.